The molecule has 1 fully saturated rings. The molecule has 1 amide bonds. The van der Waals surface area contributed by atoms with E-state index in [1.165, 1.54) is 0 Å². The van der Waals surface area contributed by atoms with E-state index in [9.17, 15) is 4.79 Å². The zero-order chi connectivity index (χ0) is 11.4. The predicted octanol–water partition coefficient (Wildman–Crippen LogP) is 0.751. The highest BCUT2D eigenvalue weighted by atomic mass is 16.6. The first kappa shape index (κ1) is 10.9. The lowest BCUT2D eigenvalue weighted by Crippen LogP contribution is -2.48. The summed E-state index contributed by atoms with van der Waals surface area (Å²) < 4.78 is 5.00. The van der Waals surface area contributed by atoms with Crippen LogP contribution in [0.5, 0.6) is 0 Å². The van der Waals surface area contributed by atoms with Crippen LogP contribution in [0.1, 0.15) is 12.1 Å². The largest absolute Gasteiger partial charge is 0.449 e. The molecule has 0 spiro atoms. The van der Waals surface area contributed by atoms with E-state index in [2.05, 4.69) is 4.98 Å². The van der Waals surface area contributed by atoms with Crippen molar-refractivity contribution >= 4 is 6.09 Å². The number of amides is 1. The van der Waals surface area contributed by atoms with E-state index in [0.717, 1.165) is 12.1 Å². The van der Waals surface area contributed by atoms with Crippen LogP contribution >= 0.6 is 0 Å². The Bertz CT molecular complexity index is 356. The molecule has 16 heavy (non-hydrogen) atoms. The second kappa shape index (κ2) is 4.94. The van der Waals surface area contributed by atoms with Crippen molar-refractivity contribution in [2.45, 2.75) is 19.0 Å². The van der Waals surface area contributed by atoms with Crippen molar-refractivity contribution in [1.82, 2.24) is 9.88 Å². The van der Waals surface area contributed by atoms with Gasteiger partial charge >= 0.3 is 6.09 Å². The molecular weight excluding hydrogens is 206 g/mol. The third-order valence-electron chi connectivity index (χ3n) is 2.68. The highest BCUT2D eigenvalue weighted by Gasteiger charge is 2.28. The van der Waals surface area contributed by atoms with Gasteiger partial charge in [0.05, 0.1) is 24.9 Å². The van der Waals surface area contributed by atoms with Crippen LogP contribution in [0.4, 0.5) is 4.79 Å². The van der Waals surface area contributed by atoms with Crippen LogP contribution < -0.4 is 5.73 Å². The molecule has 1 aromatic heterocycles. The Balaban J connectivity index is 2.08. The number of ether oxygens (including phenoxy) is 1. The number of cyclic esters (lactones) is 1. The quantitative estimate of drug-likeness (QED) is 0.817. The van der Waals surface area contributed by atoms with Gasteiger partial charge in [0.1, 0.15) is 0 Å². The number of carbonyl (C=O) groups excluding carboxylic acids is 1. The van der Waals surface area contributed by atoms with Gasteiger partial charge in [-0.2, -0.15) is 0 Å². The van der Waals surface area contributed by atoms with Crippen molar-refractivity contribution in [3.63, 3.8) is 0 Å². The predicted molar refractivity (Wildman–Crippen MR) is 58.6 cm³/mol. The molecule has 2 N–H and O–H groups in total. The number of aromatic nitrogens is 1. The first-order chi connectivity index (χ1) is 7.81. The third kappa shape index (κ3) is 2.30. The van der Waals surface area contributed by atoms with E-state index in [0.29, 0.717) is 19.7 Å². The smallest absolute Gasteiger partial charge is 0.410 e. The van der Waals surface area contributed by atoms with Crippen LogP contribution in [0.3, 0.4) is 0 Å². The van der Waals surface area contributed by atoms with Crippen molar-refractivity contribution in [2.24, 2.45) is 5.73 Å². The van der Waals surface area contributed by atoms with Gasteiger partial charge < -0.3 is 10.5 Å². The maximum absolute atomic E-state index is 11.6. The molecule has 0 bridgehead atoms. The Hall–Kier alpha value is -1.62. The fourth-order valence-corrected chi connectivity index (χ4v) is 1.78. The number of nitrogens with two attached hydrogens (primary N) is 1. The first-order valence-corrected chi connectivity index (χ1v) is 5.34. The van der Waals surface area contributed by atoms with Crippen LogP contribution in [0.2, 0.25) is 0 Å². The van der Waals surface area contributed by atoms with E-state index in [-0.39, 0.29) is 12.1 Å². The first-order valence-electron chi connectivity index (χ1n) is 5.34. The van der Waals surface area contributed by atoms with Gasteiger partial charge in [0.2, 0.25) is 0 Å². The Labute approximate surface area is 94.2 Å². The van der Waals surface area contributed by atoms with Crippen molar-refractivity contribution < 1.29 is 9.53 Å². The lowest BCUT2D eigenvalue weighted by Gasteiger charge is -2.33. The number of carbonyl (C=O) groups is 1. The molecule has 1 aliphatic rings. The Morgan fingerprint density at radius 3 is 3.12 bits per heavy atom. The highest BCUT2D eigenvalue weighted by Crippen LogP contribution is 2.15. The highest BCUT2D eigenvalue weighted by molar-refractivity contribution is 5.68. The lowest BCUT2D eigenvalue weighted by molar-refractivity contribution is 0.0424. The van der Waals surface area contributed by atoms with E-state index in [4.69, 9.17) is 10.5 Å². The Morgan fingerprint density at radius 2 is 2.44 bits per heavy atom. The molecule has 5 heteroatoms. The summed E-state index contributed by atoms with van der Waals surface area (Å²) in [4.78, 5) is 17.4. The van der Waals surface area contributed by atoms with Crippen LogP contribution in [0, 0.1) is 0 Å². The van der Waals surface area contributed by atoms with Crippen LogP contribution in [-0.4, -0.2) is 35.2 Å². The molecule has 2 rings (SSSR count). The standard InChI is InChI=1S/C11H15N3O2/c12-7-10-4-6-16-11(15)14(10)8-9-3-1-2-5-13-9/h1-3,5,10H,4,6-8,12H2. The summed E-state index contributed by atoms with van der Waals surface area (Å²) >= 11 is 0. The summed E-state index contributed by atoms with van der Waals surface area (Å²) in [6.07, 6.45) is 2.20. The summed E-state index contributed by atoms with van der Waals surface area (Å²) in [7, 11) is 0. The SMILES string of the molecule is NCC1CCOC(=O)N1Cc1ccccn1. The molecular formula is C11H15N3O2. The monoisotopic (exact) mass is 221 g/mol. The molecule has 0 aliphatic carbocycles. The molecule has 0 aromatic carbocycles. The molecule has 0 radical (unpaired) electrons. The number of pyridine rings is 1. The molecule has 0 saturated carbocycles. The van der Waals surface area contributed by atoms with Crippen molar-refractivity contribution in [3.8, 4) is 0 Å². The number of rotatable bonds is 3. The van der Waals surface area contributed by atoms with Crippen LogP contribution in [0.15, 0.2) is 24.4 Å². The van der Waals surface area contributed by atoms with Crippen molar-refractivity contribution in [1.29, 1.82) is 0 Å². The molecule has 5 nitrogen and oxygen atoms in total. The van der Waals surface area contributed by atoms with Gasteiger partial charge in [-0.1, -0.05) is 6.07 Å². The maximum atomic E-state index is 11.6. The van der Waals surface area contributed by atoms with Gasteiger partial charge in [-0.15, -0.1) is 0 Å². The molecule has 1 unspecified atom stereocenters. The van der Waals surface area contributed by atoms with Gasteiger partial charge in [-0.3, -0.25) is 9.88 Å². The summed E-state index contributed by atoms with van der Waals surface area (Å²) in [6.45, 7) is 1.38. The Morgan fingerprint density at radius 1 is 1.56 bits per heavy atom. The summed E-state index contributed by atoms with van der Waals surface area (Å²) in [5.74, 6) is 0. The number of hydrogen-bond acceptors (Lipinski definition) is 4. The minimum absolute atomic E-state index is 0.0586. The number of nitrogens with zero attached hydrogens (tertiary/aromatic N) is 2. The molecule has 2 heterocycles. The topological polar surface area (TPSA) is 68.5 Å². The van der Waals surface area contributed by atoms with Crippen molar-refractivity contribution in [2.75, 3.05) is 13.2 Å². The number of hydrogen-bond donors (Lipinski definition) is 1. The molecule has 1 aliphatic heterocycles. The molecule has 86 valence electrons. The second-order valence-electron chi connectivity index (χ2n) is 3.74. The lowest BCUT2D eigenvalue weighted by atomic mass is 10.1. The van der Waals surface area contributed by atoms with Gasteiger partial charge in [-0.25, -0.2) is 4.79 Å². The normalized spacial score (nSPS) is 20.7. The maximum Gasteiger partial charge on any atom is 0.410 e. The Kier molecular flexibility index (Phi) is 3.36. The van der Waals surface area contributed by atoms with Crippen LogP contribution in [0.25, 0.3) is 0 Å². The van der Waals surface area contributed by atoms with Crippen LogP contribution in [-0.2, 0) is 11.3 Å². The minimum atomic E-state index is -0.299. The summed E-state index contributed by atoms with van der Waals surface area (Å²) in [5.41, 5.74) is 6.49. The van der Waals surface area contributed by atoms with E-state index < -0.39 is 0 Å². The molecule has 1 saturated heterocycles. The fraction of sp³-hybridized carbons (Fsp3) is 0.455. The van der Waals surface area contributed by atoms with Gasteiger partial charge in [0.25, 0.3) is 0 Å². The third-order valence-corrected chi connectivity index (χ3v) is 2.68. The van der Waals surface area contributed by atoms with Gasteiger partial charge in [0, 0.05) is 19.2 Å². The van der Waals surface area contributed by atoms with E-state index >= 15 is 0 Å². The van der Waals surface area contributed by atoms with Gasteiger partial charge in [-0.05, 0) is 12.1 Å². The zero-order valence-corrected chi connectivity index (χ0v) is 9.00. The van der Waals surface area contributed by atoms with Crippen molar-refractivity contribution in [3.05, 3.63) is 30.1 Å². The average Bonchev–Trinajstić information content (AvgIpc) is 2.33. The molecule has 1 aromatic rings. The minimum Gasteiger partial charge on any atom is -0.449 e. The summed E-state index contributed by atoms with van der Waals surface area (Å²) in [6, 6.07) is 5.69. The second-order valence-corrected chi connectivity index (χ2v) is 3.74. The van der Waals surface area contributed by atoms with E-state index in [1.54, 1.807) is 11.1 Å². The average molecular weight is 221 g/mol. The van der Waals surface area contributed by atoms with Gasteiger partial charge in [0.15, 0.2) is 0 Å². The molecule has 1 atom stereocenters. The van der Waals surface area contributed by atoms with E-state index in [1.807, 2.05) is 18.2 Å². The summed E-state index contributed by atoms with van der Waals surface area (Å²) in [5, 5.41) is 0. The zero-order valence-electron chi connectivity index (χ0n) is 9.00. The fourth-order valence-electron chi connectivity index (χ4n) is 1.78.